The van der Waals surface area contributed by atoms with Gasteiger partial charge in [0.25, 0.3) is 5.56 Å². The maximum atomic E-state index is 13.6. The number of benzene rings is 2. The van der Waals surface area contributed by atoms with Crippen LogP contribution in [-0.4, -0.2) is 32.3 Å². The molecule has 2 aromatic heterocycles. The molecule has 33 heavy (non-hydrogen) atoms. The molecule has 4 aromatic rings. The van der Waals surface area contributed by atoms with Crippen LogP contribution >= 0.6 is 11.6 Å². The van der Waals surface area contributed by atoms with Gasteiger partial charge in [0, 0.05) is 36.9 Å². The first-order chi connectivity index (χ1) is 15.9. The first-order valence-corrected chi connectivity index (χ1v) is 11.1. The fraction of sp³-hybridized carbons (Fsp3) is 0.292. The number of hydrogen-bond donors (Lipinski definition) is 0. The van der Waals surface area contributed by atoms with Crippen molar-refractivity contribution in [1.29, 1.82) is 0 Å². The monoisotopic (exact) mass is 465 g/mol. The van der Waals surface area contributed by atoms with Crippen molar-refractivity contribution in [3.05, 3.63) is 80.0 Å². The predicted octanol–water partition coefficient (Wildman–Crippen LogP) is 3.39. The first kappa shape index (κ1) is 21.3. The summed E-state index contributed by atoms with van der Waals surface area (Å²) >= 11 is 5.98. The second kappa shape index (κ2) is 8.12. The lowest BCUT2D eigenvalue weighted by atomic mass is 10.1. The summed E-state index contributed by atoms with van der Waals surface area (Å²) in [6.07, 6.45) is 0. The summed E-state index contributed by atoms with van der Waals surface area (Å²) in [4.78, 5) is 33.5. The molecular formula is C24H24ClN5O3. The van der Waals surface area contributed by atoms with Gasteiger partial charge in [-0.2, -0.15) is 4.98 Å². The highest BCUT2D eigenvalue weighted by molar-refractivity contribution is 6.30. The maximum Gasteiger partial charge on any atom is 0.332 e. The van der Waals surface area contributed by atoms with E-state index in [1.165, 1.54) is 9.13 Å². The normalized spacial score (nSPS) is 15.6. The number of fused-ring (bicyclic) bond motifs is 3. The number of imidazole rings is 1. The van der Waals surface area contributed by atoms with Gasteiger partial charge in [0.15, 0.2) is 11.2 Å². The molecule has 0 bridgehead atoms. The Hall–Kier alpha value is -3.52. The van der Waals surface area contributed by atoms with Crippen LogP contribution in [-0.2, 0) is 20.1 Å². The van der Waals surface area contributed by atoms with E-state index in [2.05, 4.69) is 11.8 Å². The molecule has 3 heterocycles. The Morgan fingerprint density at radius 3 is 2.61 bits per heavy atom. The molecule has 0 saturated heterocycles. The molecule has 170 valence electrons. The number of nitrogens with zero attached hydrogens (tertiary/aromatic N) is 5. The molecular weight excluding hydrogens is 442 g/mol. The van der Waals surface area contributed by atoms with Gasteiger partial charge in [0.05, 0.1) is 13.7 Å². The lowest BCUT2D eigenvalue weighted by Crippen LogP contribution is -2.40. The minimum atomic E-state index is -0.404. The molecule has 0 spiro atoms. The van der Waals surface area contributed by atoms with Crippen molar-refractivity contribution in [2.24, 2.45) is 13.0 Å². The summed E-state index contributed by atoms with van der Waals surface area (Å²) in [5, 5.41) is 0.603. The average Bonchev–Trinajstić information content (AvgIpc) is 3.20. The minimum Gasteiger partial charge on any atom is -0.497 e. The Morgan fingerprint density at radius 2 is 1.88 bits per heavy atom. The molecule has 9 heteroatoms. The standard InChI is InChI=1S/C24H24ClN5O3/c1-15-12-28(18-5-4-6-19(11-18)33-3)23-26-21-20(29(23)13-15)22(31)30(24(32)27(21)2)14-16-7-9-17(25)10-8-16/h4-11,15H,12-14H2,1-3H3/t15-/m1/s1. The minimum absolute atomic E-state index is 0.161. The SMILES string of the molecule is COc1cccc(N2C[C@@H](C)Cn3c2nc2c3c(=O)n(Cc3ccc(Cl)cc3)c(=O)n2C)c1. The maximum absolute atomic E-state index is 13.6. The second-order valence-electron chi connectivity index (χ2n) is 8.47. The number of anilines is 2. The van der Waals surface area contributed by atoms with Gasteiger partial charge >= 0.3 is 5.69 Å². The van der Waals surface area contributed by atoms with Gasteiger partial charge in [0.2, 0.25) is 5.95 Å². The third-order valence-corrected chi connectivity index (χ3v) is 6.31. The molecule has 1 atom stereocenters. The van der Waals surface area contributed by atoms with Crippen LogP contribution in [0.3, 0.4) is 0 Å². The van der Waals surface area contributed by atoms with Crippen molar-refractivity contribution >= 4 is 34.4 Å². The third kappa shape index (κ3) is 3.60. The average molecular weight is 466 g/mol. The van der Waals surface area contributed by atoms with Crippen LogP contribution in [0.5, 0.6) is 5.75 Å². The molecule has 0 unspecified atom stereocenters. The highest BCUT2D eigenvalue weighted by Crippen LogP contribution is 2.34. The number of aromatic nitrogens is 4. The van der Waals surface area contributed by atoms with Crippen LogP contribution in [0, 0.1) is 5.92 Å². The van der Waals surface area contributed by atoms with Crippen LogP contribution in [0.2, 0.25) is 5.02 Å². The Balaban J connectivity index is 1.70. The number of hydrogen-bond acceptors (Lipinski definition) is 5. The molecule has 0 saturated carbocycles. The van der Waals surface area contributed by atoms with Gasteiger partial charge in [-0.1, -0.05) is 36.7 Å². The highest BCUT2D eigenvalue weighted by atomic mass is 35.5. The van der Waals surface area contributed by atoms with Crippen LogP contribution < -0.4 is 20.9 Å². The lowest BCUT2D eigenvalue weighted by Gasteiger charge is -2.33. The van der Waals surface area contributed by atoms with Crippen molar-refractivity contribution in [2.45, 2.75) is 20.0 Å². The van der Waals surface area contributed by atoms with Crippen molar-refractivity contribution in [2.75, 3.05) is 18.6 Å². The molecule has 0 N–H and O–H groups in total. The summed E-state index contributed by atoms with van der Waals surface area (Å²) < 4.78 is 10.0. The third-order valence-electron chi connectivity index (χ3n) is 6.06. The molecule has 5 rings (SSSR count). The van der Waals surface area contributed by atoms with Crippen LogP contribution in [0.25, 0.3) is 11.2 Å². The van der Waals surface area contributed by atoms with Crippen molar-refractivity contribution in [1.82, 2.24) is 18.7 Å². The van der Waals surface area contributed by atoms with Crippen LogP contribution in [0.15, 0.2) is 58.1 Å². The molecule has 0 aliphatic carbocycles. The van der Waals surface area contributed by atoms with E-state index < -0.39 is 5.69 Å². The van der Waals surface area contributed by atoms with Crippen LogP contribution in [0.4, 0.5) is 11.6 Å². The van der Waals surface area contributed by atoms with E-state index in [1.54, 1.807) is 26.3 Å². The van der Waals surface area contributed by atoms with E-state index in [-0.39, 0.29) is 18.0 Å². The zero-order chi connectivity index (χ0) is 23.3. The molecule has 1 aliphatic heterocycles. The summed E-state index contributed by atoms with van der Waals surface area (Å²) in [5.74, 6) is 1.65. The van der Waals surface area contributed by atoms with Gasteiger partial charge in [-0.05, 0) is 35.7 Å². The Bertz CT molecular complexity index is 1470. The van der Waals surface area contributed by atoms with Gasteiger partial charge in [-0.25, -0.2) is 4.79 Å². The van der Waals surface area contributed by atoms with Crippen molar-refractivity contribution < 1.29 is 4.74 Å². The van der Waals surface area contributed by atoms with Gasteiger partial charge in [0.1, 0.15) is 5.75 Å². The molecule has 2 aromatic carbocycles. The molecule has 0 radical (unpaired) electrons. The van der Waals surface area contributed by atoms with E-state index >= 15 is 0 Å². The first-order valence-electron chi connectivity index (χ1n) is 10.7. The zero-order valence-electron chi connectivity index (χ0n) is 18.7. The molecule has 1 aliphatic rings. The lowest BCUT2D eigenvalue weighted by molar-refractivity contribution is 0.414. The van der Waals surface area contributed by atoms with Crippen molar-refractivity contribution in [3.63, 3.8) is 0 Å². The number of aryl methyl sites for hydroxylation is 1. The fourth-order valence-corrected chi connectivity index (χ4v) is 4.54. The van der Waals surface area contributed by atoms with Gasteiger partial charge in [-0.3, -0.25) is 13.9 Å². The Morgan fingerprint density at radius 1 is 1.12 bits per heavy atom. The molecule has 8 nitrogen and oxygen atoms in total. The van der Waals surface area contributed by atoms with E-state index in [0.717, 1.165) is 23.5 Å². The fourth-order valence-electron chi connectivity index (χ4n) is 4.41. The van der Waals surface area contributed by atoms with E-state index in [0.29, 0.717) is 28.7 Å². The molecule has 0 amide bonds. The zero-order valence-corrected chi connectivity index (χ0v) is 19.4. The summed E-state index contributed by atoms with van der Waals surface area (Å²) in [7, 11) is 3.28. The van der Waals surface area contributed by atoms with Gasteiger partial charge in [-0.15, -0.1) is 0 Å². The van der Waals surface area contributed by atoms with E-state index in [9.17, 15) is 9.59 Å². The summed E-state index contributed by atoms with van der Waals surface area (Å²) in [5.41, 5.74) is 1.81. The number of rotatable bonds is 4. The van der Waals surface area contributed by atoms with Crippen LogP contribution in [0.1, 0.15) is 12.5 Å². The summed E-state index contributed by atoms with van der Waals surface area (Å²) in [6.45, 7) is 3.68. The summed E-state index contributed by atoms with van der Waals surface area (Å²) in [6, 6.07) is 14.9. The quantitative estimate of drug-likeness (QED) is 0.462. The topological polar surface area (TPSA) is 74.3 Å². The number of ether oxygens (including phenoxy) is 1. The smallest absolute Gasteiger partial charge is 0.332 e. The molecule has 0 fully saturated rings. The van der Waals surface area contributed by atoms with Gasteiger partial charge < -0.3 is 14.2 Å². The highest BCUT2D eigenvalue weighted by Gasteiger charge is 2.30. The Kier molecular flexibility index (Phi) is 5.25. The van der Waals surface area contributed by atoms with Crippen molar-refractivity contribution in [3.8, 4) is 5.75 Å². The second-order valence-corrected chi connectivity index (χ2v) is 8.91. The Labute approximate surface area is 195 Å². The van der Waals surface area contributed by atoms with E-state index in [1.807, 2.05) is 41.0 Å². The predicted molar refractivity (Wildman–Crippen MR) is 129 cm³/mol. The largest absolute Gasteiger partial charge is 0.497 e. The number of methoxy groups -OCH3 is 1. The number of halogens is 1. The van der Waals surface area contributed by atoms with E-state index in [4.69, 9.17) is 21.3 Å².